The second-order valence-corrected chi connectivity index (χ2v) is 0. The first kappa shape index (κ1) is 30.2. The van der Waals surface area contributed by atoms with Gasteiger partial charge in [-0.1, -0.05) is 0 Å². The van der Waals surface area contributed by atoms with Gasteiger partial charge in [0.05, 0.1) is 0 Å². The van der Waals surface area contributed by atoms with Crippen LogP contribution in [0.3, 0.4) is 0 Å². The summed E-state index contributed by atoms with van der Waals surface area (Å²) in [5.41, 5.74) is 0. The summed E-state index contributed by atoms with van der Waals surface area (Å²) in [5, 5.41) is 0. The third-order valence-electron chi connectivity index (χ3n) is 0. The maximum atomic E-state index is 0. The van der Waals surface area contributed by atoms with Crippen LogP contribution in [0.2, 0.25) is 0 Å². The molecular weight excluding hydrogens is 430 g/mol. The van der Waals surface area contributed by atoms with Crippen LogP contribution in [0.25, 0.3) is 0 Å². The van der Waals surface area contributed by atoms with Gasteiger partial charge in [-0.3, -0.25) is 0 Å². The van der Waals surface area contributed by atoms with Gasteiger partial charge in [-0.2, -0.15) is 0 Å². The van der Waals surface area contributed by atoms with E-state index < -0.39 is 0 Å². The van der Waals surface area contributed by atoms with Crippen LogP contribution in [0.5, 0.6) is 0 Å². The molecule has 0 aliphatic heterocycles. The summed E-state index contributed by atoms with van der Waals surface area (Å²) in [6, 6.07) is 0. The third-order valence-corrected chi connectivity index (χ3v) is 0. The first-order chi connectivity index (χ1) is 0. The van der Waals surface area contributed by atoms with Gasteiger partial charge in [-0.15, -0.1) is 0 Å². The van der Waals surface area contributed by atoms with E-state index >= 15 is 0 Å². The van der Waals surface area contributed by atoms with E-state index in [1.165, 1.54) is 0 Å². The first-order valence-corrected chi connectivity index (χ1v) is 0. The molecule has 0 bridgehead atoms. The van der Waals surface area contributed by atoms with Crippen molar-refractivity contribution in [3.63, 3.8) is 0 Å². The molecular formula is H5CaCeLaNaSr. The summed E-state index contributed by atoms with van der Waals surface area (Å²) in [4.78, 5) is 0. The van der Waals surface area contributed by atoms with E-state index in [-0.39, 0.29) is 190 Å². The molecule has 1 radical (unpaired) electrons. The van der Waals surface area contributed by atoms with E-state index in [9.17, 15) is 0 Å². The average Bonchev–Trinajstić information content (AvgIpc) is 0. The molecule has 17 valence electrons. The van der Waals surface area contributed by atoms with Crippen LogP contribution in [-0.4, -0.2) is 113 Å². The minimum absolute atomic E-state index is 0. The van der Waals surface area contributed by atoms with E-state index in [2.05, 4.69) is 0 Å². The zero-order valence-electron chi connectivity index (χ0n) is 1.08. The summed E-state index contributed by atoms with van der Waals surface area (Å²) in [6.07, 6.45) is 0. The molecule has 0 saturated carbocycles. The fourth-order valence-electron chi connectivity index (χ4n) is 0. The van der Waals surface area contributed by atoms with Gasteiger partial charge in [0.2, 0.25) is 0 Å². The monoisotopic (exact) mass is 435 g/mol. The molecule has 0 aromatic rings. The fraction of sp³-hybridized carbons (Fsp3) is 0. The summed E-state index contributed by atoms with van der Waals surface area (Å²) in [5.74, 6) is 0. The Labute approximate surface area is 183 Å². The molecule has 0 spiro atoms. The van der Waals surface area contributed by atoms with Gasteiger partial charge in [-0.25, -0.2) is 0 Å². The standard InChI is InChI=1S/Ca.Ce.La.Na.Sr.5H. The molecule has 0 aromatic carbocycles. The van der Waals surface area contributed by atoms with Crippen molar-refractivity contribution in [3.8, 4) is 0 Å². The predicted molar refractivity (Wildman–Crippen MR) is 24.2 cm³/mol. The number of hydrogen-bond acceptors (Lipinski definition) is 0. The summed E-state index contributed by atoms with van der Waals surface area (Å²) in [6.45, 7) is 0. The Bertz CT molecular complexity index is 11.6. The summed E-state index contributed by atoms with van der Waals surface area (Å²) >= 11 is 0. The molecule has 0 fully saturated rings. The molecule has 0 atom stereocenters. The molecule has 0 amide bonds. The van der Waals surface area contributed by atoms with Crippen molar-refractivity contribution in [2.75, 3.05) is 0 Å². The Morgan fingerprint density at radius 2 is 1.00 bits per heavy atom. The summed E-state index contributed by atoms with van der Waals surface area (Å²) < 4.78 is 0. The van der Waals surface area contributed by atoms with Crippen molar-refractivity contribution >= 4 is 113 Å². The van der Waals surface area contributed by atoms with Crippen molar-refractivity contribution in [3.05, 3.63) is 0 Å². The molecule has 0 aliphatic carbocycles. The Morgan fingerprint density at radius 1 is 1.00 bits per heavy atom. The fourth-order valence-corrected chi connectivity index (χ4v) is 0. The van der Waals surface area contributed by atoms with Gasteiger partial charge < -0.3 is 0 Å². The van der Waals surface area contributed by atoms with Crippen molar-refractivity contribution in [1.29, 1.82) is 0 Å². The van der Waals surface area contributed by atoms with Gasteiger partial charge in [0.1, 0.15) is 0 Å². The van der Waals surface area contributed by atoms with E-state index in [4.69, 9.17) is 0 Å². The normalized spacial score (nSPS) is 0. The van der Waals surface area contributed by atoms with Crippen LogP contribution in [0, 0.1) is 77.3 Å². The Morgan fingerprint density at radius 3 is 1.00 bits per heavy atom. The molecule has 0 aliphatic rings. The van der Waals surface area contributed by atoms with Crippen molar-refractivity contribution < 1.29 is 77.3 Å². The van der Waals surface area contributed by atoms with Crippen molar-refractivity contribution in [2.45, 2.75) is 0 Å². The zero-order chi connectivity index (χ0) is 0. The minimum atomic E-state index is 0. The van der Waals surface area contributed by atoms with Crippen LogP contribution >= 0.6 is 0 Å². The predicted octanol–water partition coefficient (Wildman–Crippen LogP) is -2.48. The SMILES string of the molecule is [CaH2].[Ce].[La].[NaH].[SrH2]. The van der Waals surface area contributed by atoms with Gasteiger partial charge in [0.15, 0.2) is 0 Å². The second kappa shape index (κ2) is 22.4. The Hall–Kier alpha value is 6.31. The molecule has 5 heteroatoms. The average molecular weight is 435 g/mol. The van der Waals surface area contributed by atoms with Crippen LogP contribution in [0.15, 0.2) is 0 Å². The molecule has 0 aromatic heterocycles. The molecule has 5 heavy (non-hydrogen) atoms. The summed E-state index contributed by atoms with van der Waals surface area (Å²) in [7, 11) is 0. The van der Waals surface area contributed by atoms with Gasteiger partial charge in [-0.05, 0) is 0 Å². The molecule has 0 saturated heterocycles. The van der Waals surface area contributed by atoms with E-state index in [0.29, 0.717) is 0 Å². The van der Waals surface area contributed by atoms with Crippen molar-refractivity contribution in [2.24, 2.45) is 0 Å². The van der Waals surface area contributed by atoms with E-state index in [0.717, 1.165) is 0 Å². The zero-order valence-corrected chi connectivity index (χ0v) is 7.84. The molecule has 0 heterocycles. The van der Waals surface area contributed by atoms with Crippen LogP contribution in [0.1, 0.15) is 0 Å². The van der Waals surface area contributed by atoms with E-state index in [1.807, 2.05) is 0 Å². The topological polar surface area (TPSA) is 0 Å². The molecule has 0 unspecified atom stereocenters. The van der Waals surface area contributed by atoms with Gasteiger partial charge >= 0.3 is 113 Å². The molecule has 0 nitrogen and oxygen atoms in total. The second-order valence-electron chi connectivity index (χ2n) is 0. The van der Waals surface area contributed by atoms with Crippen molar-refractivity contribution in [1.82, 2.24) is 0 Å². The first-order valence-electron chi connectivity index (χ1n) is 0. The number of rotatable bonds is 0. The Balaban J connectivity index is 0. The Kier molecular flexibility index (Phi) is 136. The van der Waals surface area contributed by atoms with Crippen LogP contribution in [0.4, 0.5) is 0 Å². The molecule has 0 N–H and O–H groups in total. The molecule has 0 rings (SSSR count). The van der Waals surface area contributed by atoms with Crippen LogP contribution in [-0.2, 0) is 0 Å². The van der Waals surface area contributed by atoms with Gasteiger partial charge in [0, 0.05) is 77.3 Å². The number of hydrogen-bond donors (Lipinski definition) is 0. The van der Waals surface area contributed by atoms with Gasteiger partial charge in [0.25, 0.3) is 0 Å². The van der Waals surface area contributed by atoms with E-state index in [1.54, 1.807) is 0 Å². The third kappa shape index (κ3) is 17.9. The van der Waals surface area contributed by atoms with Crippen LogP contribution < -0.4 is 0 Å². The quantitative estimate of drug-likeness (QED) is 0.371. The maximum absolute atomic E-state index is 0.